The van der Waals surface area contributed by atoms with E-state index in [0.717, 1.165) is 65.7 Å². The van der Waals surface area contributed by atoms with Gasteiger partial charge in [0.15, 0.2) is 0 Å². The fourth-order valence-corrected chi connectivity index (χ4v) is 6.35. The van der Waals surface area contributed by atoms with Crippen LogP contribution in [0.3, 0.4) is 0 Å². The number of likely N-dealkylation sites (tertiary alicyclic amines) is 1. The number of allylic oxidation sites excluding steroid dienone is 1. The minimum atomic E-state index is 0.201. The number of thioether (sulfide) groups is 1. The molecule has 0 bridgehead atoms. The molecule has 0 N–H and O–H groups in total. The van der Waals surface area contributed by atoms with Crippen LogP contribution in [0.5, 0.6) is 5.75 Å². The number of para-hydroxylation sites is 1. The molecule has 3 aromatic rings. The highest BCUT2D eigenvalue weighted by Crippen LogP contribution is 2.25. The molecule has 1 aliphatic rings. The summed E-state index contributed by atoms with van der Waals surface area (Å²) in [7, 11) is 0. The molecule has 1 aliphatic heterocycles. The van der Waals surface area contributed by atoms with Crippen molar-refractivity contribution in [2.75, 3.05) is 12.3 Å². The van der Waals surface area contributed by atoms with Crippen molar-refractivity contribution in [1.82, 2.24) is 9.88 Å². The third-order valence-electron chi connectivity index (χ3n) is 6.45. The predicted octanol–water partition coefficient (Wildman–Crippen LogP) is 8.42. The van der Waals surface area contributed by atoms with Crippen LogP contribution in [0.1, 0.15) is 68.3 Å². The highest BCUT2D eigenvalue weighted by molar-refractivity contribution is 8.01. The van der Waals surface area contributed by atoms with E-state index in [-0.39, 0.29) is 6.04 Å². The molecule has 1 fully saturated rings. The van der Waals surface area contributed by atoms with Crippen molar-refractivity contribution >= 4 is 29.0 Å². The van der Waals surface area contributed by atoms with Gasteiger partial charge in [-0.1, -0.05) is 86.6 Å². The number of rotatable bonds is 11. The van der Waals surface area contributed by atoms with Crippen molar-refractivity contribution in [1.29, 1.82) is 0 Å². The fourth-order valence-electron chi connectivity index (χ4n) is 4.49. The quantitative estimate of drug-likeness (QED) is 0.177. The van der Waals surface area contributed by atoms with Gasteiger partial charge in [-0.25, -0.2) is 4.98 Å². The summed E-state index contributed by atoms with van der Waals surface area (Å²) in [6, 6.07) is 17.0. The van der Waals surface area contributed by atoms with Crippen molar-refractivity contribution in [2.45, 2.75) is 83.2 Å². The van der Waals surface area contributed by atoms with Gasteiger partial charge in [-0.05, 0) is 62.3 Å². The van der Waals surface area contributed by atoms with E-state index in [1.807, 2.05) is 39.0 Å². The van der Waals surface area contributed by atoms with E-state index in [1.54, 1.807) is 23.1 Å². The summed E-state index contributed by atoms with van der Waals surface area (Å²) < 4.78 is 7.11. The highest BCUT2D eigenvalue weighted by Gasteiger charge is 2.24. The number of amides is 1. The first-order chi connectivity index (χ1) is 18.6. The van der Waals surface area contributed by atoms with Crippen LogP contribution in [0.4, 0.5) is 0 Å². The Balaban J connectivity index is 0.00000195. The summed E-state index contributed by atoms with van der Waals surface area (Å²) in [5.41, 5.74) is 4.72. The molecule has 1 unspecified atom stereocenters. The van der Waals surface area contributed by atoms with Gasteiger partial charge in [-0.15, -0.1) is 11.3 Å². The molecule has 0 saturated carbocycles. The number of nitrogens with zero attached hydrogens (tertiary/aromatic N) is 2. The molecular weight excluding hydrogens is 508 g/mol. The number of carbonyl (C=O) groups excluding carboxylic acids is 1. The van der Waals surface area contributed by atoms with E-state index < -0.39 is 0 Å². The summed E-state index contributed by atoms with van der Waals surface area (Å²) in [5, 5.41) is 2.08. The molecule has 38 heavy (non-hydrogen) atoms. The fraction of sp³-hybridized carbons (Fsp3) is 0.438. The summed E-state index contributed by atoms with van der Waals surface area (Å²) in [6.07, 6.45) is 10.3. The van der Waals surface area contributed by atoms with Gasteiger partial charge in [-0.2, -0.15) is 0 Å². The molecule has 0 aliphatic carbocycles. The van der Waals surface area contributed by atoms with Crippen molar-refractivity contribution < 1.29 is 9.53 Å². The van der Waals surface area contributed by atoms with Gasteiger partial charge in [0, 0.05) is 35.8 Å². The minimum absolute atomic E-state index is 0.201. The van der Waals surface area contributed by atoms with Crippen LogP contribution < -0.4 is 4.74 Å². The second kappa shape index (κ2) is 16.4. The summed E-state index contributed by atoms with van der Waals surface area (Å²) in [5.74, 6) is 2.12. The topological polar surface area (TPSA) is 42.4 Å². The lowest BCUT2D eigenvalue weighted by atomic mass is 10.0. The number of aryl methyl sites for hydroxylation is 3. The van der Waals surface area contributed by atoms with Crippen LogP contribution in [0, 0.1) is 13.8 Å². The molecule has 204 valence electrons. The van der Waals surface area contributed by atoms with E-state index in [4.69, 9.17) is 4.74 Å². The molecule has 0 radical (unpaired) electrons. The van der Waals surface area contributed by atoms with Crippen molar-refractivity contribution in [2.24, 2.45) is 0 Å². The van der Waals surface area contributed by atoms with Gasteiger partial charge in [-0.3, -0.25) is 4.79 Å². The maximum atomic E-state index is 12.8. The second-order valence-electron chi connectivity index (χ2n) is 9.34. The highest BCUT2D eigenvalue weighted by atomic mass is 32.2. The zero-order valence-corrected chi connectivity index (χ0v) is 25.0. The maximum absolute atomic E-state index is 12.8. The normalized spacial score (nSPS) is 15.7. The van der Waals surface area contributed by atoms with Crippen LogP contribution in [0.15, 0.2) is 70.4 Å². The Labute approximate surface area is 237 Å². The zero-order valence-electron chi connectivity index (χ0n) is 23.3. The Morgan fingerprint density at radius 2 is 1.92 bits per heavy atom. The Bertz CT molecular complexity index is 1160. The average molecular weight is 551 g/mol. The Hall–Kier alpha value is -2.57. The van der Waals surface area contributed by atoms with E-state index in [2.05, 4.69) is 64.7 Å². The Kier molecular flexibility index (Phi) is 12.9. The first-order valence-electron chi connectivity index (χ1n) is 13.9. The van der Waals surface area contributed by atoms with Gasteiger partial charge in [0.1, 0.15) is 16.7 Å². The standard InChI is InChI=1S/C30H36N2O2S2.C2H6/c1-23-10-3-7-16-28(23)34-21-26-13-9-12-25(20-26)11-4-5-14-27-15-6-8-17-29(33)32(27)18-19-35-30-31-24(2)22-36-30;1-2/h3,5,7,9-10,12-14,16,20,22,27H,4,6,8,11,15,17-19,21H2,1-2H3;1-2H3/b14-5+;. The Morgan fingerprint density at radius 3 is 2.71 bits per heavy atom. The molecule has 1 amide bonds. The van der Waals surface area contributed by atoms with Crippen molar-refractivity contribution in [3.8, 4) is 5.75 Å². The third kappa shape index (κ3) is 9.63. The number of hydrogen-bond acceptors (Lipinski definition) is 5. The van der Waals surface area contributed by atoms with Gasteiger partial charge >= 0.3 is 0 Å². The number of aromatic nitrogens is 1. The zero-order chi connectivity index (χ0) is 27.2. The number of hydrogen-bond donors (Lipinski definition) is 0. The Morgan fingerprint density at radius 1 is 1.11 bits per heavy atom. The van der Waals surface area contributed by atoms with Crippen LogP contribution in [0.2, 0.25) is 0 Å². The van der Waals surface area contributed by atoms with Gasteiger partial charge in [0.2, 0.25) is 5.91 Å². The summed E-state index contributed by atoms with van der Waals surface area (Å²) in [6.45, 7) is 9.45. The van der Waals surface area contributed by atoms with Gasteiger partial charge in [0.05, 0.1) is 0 Å². The molecule has 2 heterocycles. The molecule has 2 aromatic carbocycles. The van der Waals surface area contributed by atoms with E-state index in [0.29, 0.717) is 18.9 Å². The maximum Gasteiger partial charge on any atom is 0.223 e. The number of carbonyl (C=O) groups is 1. The van der Waals surface area contributed by atoms with Crippen LogP contribution >= 0.6 is 23.1 Å². The van der Waals surface area contributed by atoms with E-state index >= 15 is 0 Å². The van der Waals surface area contributed by atoms with Crippen molar-refractivity contribution in [3.63, 3.8) is 0 Å². The van der Waals surface area contributed by atoms with Crippen LogP contribution in [0.25, 0.3) is 0 Å². The van der Waals surface area contributed by atoms with Gasteiger partial charge < -0.3 is 9.64 Å². The minimum Gasteiger partial charge on any atom is -0.489 e. The molecule has 0 spiro atoms. The average Bonchev–Trinajstić information content (AvgIpc) is 3.27. The lowest BCUT2D eigenvalue weighted by molar-refractivity contribution is -0.131. The van der Waals surface area contributed by atoms with Crippen LogP contribution in [-0.2, 0) is 17.8 Å². The SMILES string of the molecule is CC.Cc1csc(SCCN2C(=O)CCCCC2/C=C/CCc2cccc(COc3ccccc3C)c2)n1. The largest absolute Gasteiger partial charge is 0.489 e. The van der Waals surface area contributed by atoms with E-state index in [1.165, 1.54) is 11.1 Å². The summed E-state index contributed by atoms with van der Waals surface area (Å²) in [4.78, 5) is 19.4. The second-order valence-corrected chi connectivity index (χ2v) is 11.5. The molecule has 1 saturated heterocycles. The molecular formula is C32H42N2O2S2. The number of ether oxygens (including phenoxy) is 1. The predicted molar refractivity (Wildman–Crippen MR) is 162 cm³/mol. The lowest BCUT2D eigenvalue weighted by Gasteiger charge is -2.28. The number of thiazole rings is 1. The smallest absolute Gasteiger partial charge is 0.223 e. The molecule has 4 nitrogen and oxygen atoms in total. The molecule has 6 heteroatoms. The first-order valence-corrected chi connectivity index (χ1v) is 15.7. The molecule has 1 atom stereocenters. The lowest BCUT2D eigenvalue weighted by Crippen LogP contribution is -2.39. The van der Waals surface area contributed by atoms with Gasteiger partial charge in [0.25, 0.3) is 0 Å². The first kappa shape index (κ1) is 30.0. The van der Waals surface area contributed by atoms with Crippen molar-refractivity contribution in [3.05, 3.63) is 88.4 Å². The summed E-state index contributed by atoms with van der Waals surface area (Å²) >= 11 is 3.44. The molecule has 4 rings (SSSR count). The monoisotopic (exact) mass is 550 g/mol. The number of benzene rings is 2. The molecule has 1 aromatic heterocycles. The van der Waals surface area contributed by atoms with Crippen LogP contribution in [-0.4, -0.2) is 34.1 Å². The van der Waals surface area contributed by atoms with E-state index in [9.17, 15) is 4.79 Å². The third-order valence-corrected chi connectivity index (χ3v) is 8.57.